The Morgan fingerprint density at radius 3 is 2.18 bits per heavy atom. The van der Waals surface area contributed by atoms with E-state index in [1.807, 2.05) is 0 Å². The molecule has 3 atom stereocenters. The van der Waals surface area contributed by atoms with Crippen LogP contribution in [0.5, 0.6) is 17.2 Å². The summed E-state index contributed by atoms with van der Waals surface area (Å²) >= 11 is 0. The maximum absolute atomic E-state index is 12.6. The number of nitrogens with one attached hydrogen (secondary N) is 2. The largest absolute Gasteiger partial charge is 0.508 e. The van der Waals surface area contributed by atoms with Gasteiger partial charge in [0.25, 0.3) is 0 Å². The molecular formula is C23H30N4O6. The number of benzene rings is 2. The molecule has 0 aliphatic heterocycles. The first kappa shape index (κ1) is 23.9. The van der Waals surface area contributed by atoms with Gasteiger partial charge in [-0.05, 0) is 48.7 Å². The molecule has 33 heavy (non-hydrogen) atoms. The van der Waals surface area contributed by atoms with Gasteiger partial charge in [-0.25, -0.2) is 0 Å². The summed E-state index contributed by atoms with van der Waals surface area (Å²) in [5.74, 6) is -0.831. The summed E-state index contributed by atoms with van der Waals surface area (Å²) in [7, 11) is 2.99. The van der Waals surface area contributed by atoms with Gasteiger partial charge in [0.2, 0.25) is 17.7 Å². The van der Waals surface area contributed by atoms with E-state index in [-0.39, 0.29) is 18.6 Å². The van der Waals surface area contributed by atoms with Gasteiger partial charge in [0.05, 0.1) is 20.3 Å². The predicted octanol–water partition coefficient (Wildman–Crippen LogP) is -0.00330. The van der Waals surface area contributed by atoms with Crippen LogP contribution in [0.25, 0.3) is 0 Å². The number of phenolic OH excluding ortho intramolecular Hbond substituents is 1. The summed E-state index contributed by atoms with van der Waals surface area (Å²) in [6.07, 6.45) is 0.285. The lowest BCUT2D eigenvalue weighted by Crippen LogP contribution is -2.55. The fourth-order valence-corrected chi connectivity index (χ4v) is 3.10. The smallest absolute Gasteiger partial charge is 0.242 e. The third kappa shape index (κ3) is 7.39. The molecule has 0 aliphatic rings. The Morgan fingerprint density at radius 1 is 0.970 bits per heavy atom. The third-order valence-electron chi connectivity index (χ3n) is 4.99. The normalized spacial score (nSPS) is 13.7. The maximum atomic E-state index is 12.6. The topological polar surface area (TPSA) is 166 Å². The summed E-state index contributed by atoms with van der Waals surface area (Å²) in [6, 6.07) is 8.37. The van der Waals surface area contributed by atoms with Crippen molar-refractivity contribution in [1.29, 1.82) is 0 Å². The van der Waals surface area contributed by atoms with E-state index < -0.39 is 35.8 Å². The minimum Gasteiger partial charge on any atom is -0.508 e. The molecule has 0 fully saturated rings. The lowest BCUT2D eigenvalue weighted by Gasteiger charge is -2.21. The van der Waals surface area contributed by atoms with Crippen molar-refractivity contribution in [3.63, 3.8) is 0 Å². The van der Waals surface area contributed by atoms with Crippen LogP contribution in [0, 0.1) is 0 Å². The molecule has 0 saturated carbocycles. The Hall–Kier alpha value is -3.79. The van der Waals surface area contributed by atoms with Gasteiger partial charge in [0.15, 0.2) is 11.5 Å². The van der Waals surface area contributed by atoms with Crippen LogP contribution in [0.1, 0.15) is 18.1 Å². The van der Waals surface area contributed by atoms with E-state index in [0.29, 0.717) is 17.1 Å². The van der Waals surface area contributed by atoms with Crippen LogP contribution < -0.4 is 31.6 Å². The minimum atomic E-state index is -1.02. The number of primary amides is 1. The molecule has 2 rings (SSSR count). The number of carbonyl (C=O) groups excluding carboxylic acids is 3. The zero-order chi connectivity index (χ0) is 25.3. The third-order valence-corrected chi connectivity index (χ3v) is 4.99. The Kier molecular flexibility index (Phi) is 8.48. The molecule has 0 saturated heterocycles. The van der Waals surface area contributed by atoms with Gasteiger partial charge in [0.1, 0.15) is 19.2 Å². The Balaban J connectivity index is 2.00. The minimum absolute atomic E-state index is 0.0889. The van der Waals surface area contributed by atoms with Crippen LogP contribution in [-0.2, 0) is 27.2 Å². The molecule has 3 amide bonds. The molecule has 2 aromatic rings. The second-order valence-corrected chi connectivity index (χ2v) is 7.51. The lowest BCUT2D eigenvalue weighted by molar-refractivity contribution is -0.131. The summed E-state index contributed by atoms with van der Waals surface area (Å²) in [6.45, 7) is 1.46. The number of methoxy groups -OCH3 is 2. The molecule has 10 nitrogen and oxygen atoms in total. The molecule has 2 aromatic carbocycles. The van der Waals surface area contributed by atoms with Crippen molar-refractivity contribution in [1.82, 2.24) is 10.6 Å². The second kappa shape index (κ2) is 11.7. The zero-order valence-corrected chi connectivity index (χ0v) is 18.8. The molecule has 10 heteroatoms. The van der Waals surface area contributed by atoms with Crippen LogP contribution in [0.4, 0.5) is 0 Å². The van der Waals surface area contributed by atoms with E-state index >= 15 is 0 Å². The van der Waals surface area contributed by atoms with Gasteiger partial charge >= 0.3 is 0 Å². The number of rotatable bonds is 12. The SMILES string of the molecule is [2H]N[C@@H](Cc1ccc(O)cc1)C(=O)N[C@@H](C)C(=O)N[C@@H](Cc1ccc(OC)c(OC)c1)C(N)=O. The van der Waals surface area contributed by atoms with Crippen LogP contribution in [0.15, 0.2) is 42.5 Å². The number of hydrogen-bond donors (Lipinski definition) is 5. The average Bonchev–Trinajstić information content (AvgIpc) is 2.82. The van der Waals surface area contributed by atoms with E-state index in [4.69, 9.17) is 16.6 Å². The van der Waals surface area contributed by atoms with Crippen molar-refractivity contribution in [3.05, 3.63) is 53.6 Å². The standard InChI is InChI=1S/C23H30N4O6/c1-13(26-23(31)17(24)10-14-4-7-16(28)8-5-14)22(30)27-18(21(25)29)11-15-6-9-19(32-2)20(12-15)33-3/h4-9,12-13,17-18,28H,10-11,24H2,1-3H3,(H2,25,29)(H,26,31)(H,27,30)/t13-,17-,18-/m0/s1/i/hD. The van der Waals surface area contributed by atoms with Gasteiger partial charge in [-0.3, -0.25) is 14.4 Å². The van der Waals surface area contributed by atoms with Gasteiger partial charge in [-0.1, -0.05) is 18.2 Å². The molecule has 0 unspecified atom stereocenters. The average molecular weight is 460 g/mol. The summed E-state index contributed by atoms with van der Waals surface area (Å²) in [5.41, 5.74) is 9.05. The van der Waals surface area contributed by atoms with E-state index in [0.717, 1.165) is 5.56 Å². The number of nitrogens with two attached hydrogens (primary N) is 2. The molecular weight excluding hydrogens is 428 g/mol. The van der Waals surface area contributed by atoms with E-state index in [1.165, 1.54) is 33.3 Å². The fraction of sp³-hybridized carbons (Fsp3) is 0.348. The van der Waals surface area contributed by atoms with E-state index in [2.05, 4.69) is 16.4 Å². The van der Waals surface area contributed by atoms with Gasteiger partial charge in [-0.15, -0.1) is 0 Å². The molecule has 0 heterocycles. The first-order valence-electron chi connectivity index (χ1n) is 10.7. The summed E-state index contributed by atoms with van der Waals surface area (Å²) < 4.78 is 17.9. The first-order chi connectivity index (χ1) is 16.2. The van der Waals surface area contributed by atoms with Crippen molar-refractivity contribution >= 4 is 17.7 Å². The second-order valence-electron chi connectivity index (χ2n) is 7.51. The van der Waals surface area contributed by atoms with Crippen LogP contribution in [-0.4, -0.2) is 55.2 Å². The van der Waals surface area contributed by atoms with Crippen LogP contribution in [0.3, 0.4) is 0 Å². The van der Waals surface area contributed by atoms with Crippen molar-refractivity contribution < 1.29 is 30.4 Å². The number of ether oxygens (including phenoxy) is 2. The molecule has 0 radical (unpaired) electrons. The van der Waals surface area contributed by atoms with Gasteiger partial charge in [-0.2, -0.15) is 0 Å². The molecule has 7 N–H and O–H groups in total. The number of carbonyl (C=O) groups is 3. The highest BCUT2D eigenvalue weighted by atomic mass is 16.5. The molecule has 0 spiro atoms. The first-order valence-corrected chi connectivity index (χ1v) is 10.2. The van der Waals surface area contributed by atoms with Crippen molar-refractivity contribution in [2.45, 2.75) is 37.9 Å². The van der Waals surface area contributed by atoms with Gasteiger partial charge in [0, 0.05) is 6.42 Å². The number of hydrogen-bond acceptors (Lipinski definition) is 7. The predicted molar refractivity (Wildman–Crippen MR) is 122 cm³/mol. The Labute approximate surface area is 193 Å². The number of aromatic hydroxyl groups is 1. The fourth-order valence-electron chi connectivity index (χ4n) is 3.10. The monoisotopic (exact) mass is 459 g/mol. The quantitative estimate of drug-likeness (QED) is 0.298. The lowest BCUT2D eigenvalue weighted by atomic mass is 10.0. The Bertz CT molecular complexity index is 1000. The summed E-state index contributed by atoms with van der Waals surface area (Å²) in [5, 5.41) is 14.5. The molecule has 0 aliphatic carbocycles. The van der Waals surface area contributed by atoms with Crippen LogP contribution in [0.2, 0.25) is 1.41 Å². The van der Waals surface area contributed by atoms with E-state index in [1.54, 1.807) is 30.3 Å². The van der Waals surface area contributed by atoms with Gasteiger partial charge < -0.3 is 36.7 Å². The van der Waals surface area contributed by atoms with Crippen molar-refractivity contribution in [2.75, 3.05) is 14.2 Å². The highest BCUT2D eigenvalue weighted by molar-refractivity contribution is 5.92. The molecule has 0 bridgehead atoms. The maximum Gasteiger partial charge on any atom is 0.242 e. The number of amides is 3. The molecule has 0 aromatic heterocycles. The highest BCUT2D eigenvalue weighted by Crippen LogP contribution is 2.28. The summed E-state index contributed by atoms with van der Waals surface area (Å²) in [4.78, 5) is 37.2. The zero-order valence-electron chi connectivity index (χ0n) is 19.8. The van der Waals surface area contributed by atoms with Crippen molar-refractivity contribution in [3.8, 4) is 17.2 Å². The van der Waals surface area contributed by atoms with E-state index in [9.17, 15) is 19.5 Å². The highest BCUT2D eigenvalue weighted by Gasteiger charge is 2.25. The molecule has 178 valence electrons. The Morgan fingerprint density at radius 2 is 1.61 bits per heavy atom. The number of phenols is 1. The van der Waals surface area contributed by atoms with Crippen LogP contribution >= 0.6 is 0 Å². The van der Waals surface area contributed by atoms with Crippen molar-refractivity contribution in [2.24, 2.45) is 11.5 Å².